The summed E-state index contributed by atoms with van der Waals surface area (Å²) in [6.07, 6.45) is 0. The molecular weight excluding hydrogens is 400 g/mol. The molecule has 3 rings (SSSR count). The number of ether oxygens (including phenoxy) is 1. The fourth-order valence-corrected chi connectivity index (χ4v) is 3.86. The van der Waals surface area contributed by atoms with E-state index in [4.69, 9.17) is 4.74 Å². The van der Waals surface area contributed by atoms with Crippen LogP contribution in [0.4, 0.5) is 5.69 Å². The van der Waals surface area contributed by atoms with E-state index in [2.05, 4.69) is 10.0 Å². The fourth-order valence-electron chi connectivity index (χ4n) is 2.79. The molecule has 0 aliphatic carbocycles. The molecule has 7 heteroatoms. The monoisotopic (exact) mass is 424 g/mol. The van der Waals surface area contributed by atoms with Crippen molar-refractivity contribution in [3.63, 3.8) is 0 Å². The van der Waals surface area contributed by atoms with Crippen LogP contribution in [0.1, 0.15) is 22.8 Å². The van der Waals surface area contributed by atoms with E-state index < -0.39 is 10.0 Å². The van der Waals surface area contributed by atoms with Gasteiger partial charge in [-0.25, -0.2) is 8.42 Å². The molecule has 0 aliphatic rings. The third-order valence-electron chi connectivity index (χ3n) is 4.41. The SMILES string of the molecule is Cc1ccccc1OC[C@H](C)NC(=O)c1ccc(NS(=O)(=O)c2ccccc2)cc1. The molecule has 6 nitrogen and oxygen atoms in total. The molecule has 0 radical (unpaired) electrons. The van der Waals surface area contributed by atoms with Crippen molar-refractivity contribution in [3.05, 3.63) is 90.0 Å². The zero-order chi connectivity index (χ0) is 21.6. The topological polar surface area (TPSA) is 84.5 Å². The van der Waals surface area contributed by atoms with E-state index in [1.165, 1.54) is 12.1 Å². The minimum absolute atomic E-state index is 0.175. The summed E-state index contributed by atoms with van der Waals surface area (Å²) in [5.74, 6) is 0.530. The lowest BCUT2D eigenvalue weighted by Crippen LogP contribution is -2.36. The van der Waals surface area contributed by atoms with Gasteiger partial charge in [0.05, 0.1) is 10.9 Å². The van der Waals surface area contributed by atoms with Gasteiger partial charge >= 0.3 is 0 Å². The summed E-state index contributed by atoms with van der Waals surface area (Å²) in [6.45, 7) is 4.16. The number of carbonyl (C=O) groups is 1. The van der Waals surface area contributed by atoms with Gasteiger partial charge in [-0.2, -0.15) is 0 Å². The first-order valence-electron chi connectivity index (χ1n) is 9.52. The Morgan fingerprint density at radius 3 is 2.23 bits per heavy atom. The molecule has 0 unspecified atom stereocenters. The molecule has 1 atom stereocenters. The minimum Gasteiger partial charge on any atom is -0.491 e. The summed E-state index contributed by atoms with van der Waals surface area (Å²) in [7, 11) is -3.67. The van der Waals surface area contributed by atoms with E-state index in [1.54, 1.807) is 42.5 Å². The molecule has 1 amide bonds. The molecule has 0 fully saturated rings. The maximum atomic E-state index is 12.4. The van der Waals surface area contributed by atoms with Crippen LogP contribution in [0.2, 0.25) is 0 Å². The van der Waals surface area contributed by atoms with Crippen LogP contribution in [0, 0.1) is 6.92 Å². The Morgan fingerprint density at radius 1 is 0.933 bits per heavy atom. The van der Waals surface area contributed by atoms with Gasteiger partial charge in [0.25, 0.3) is 15.9 Å². The highest BCUT2D eigenvalue weighted by molar-refractivity contribution is 7.92. The van der Waals surface area contributed by atoms with Crippen molar-refractivity contribution in [2.75, 3.05) is 11.3 Å². The Hall–Kier alpha value is -3.32. The zero-order valence-electron chi connectivity index (χ0n) is 16.8. The van der Waals surface area contributed by atoms with Crippen LogP contribution in [0.25, 0.3) is 0 Å². The second-order valence-corrected chi connectivity index (χ2v) is 8.63. The zero-order valence-corrected chi connectivity index (χ0v) is 17.6. The largest absolute Gasteiger partial charge is 0.491 e. The van der Waals surface area contributed by atoms with E-state index in [9.17, 15) is 13.2 Å². The van der Waals surface area contributed by atoms with E-state index in [0.717, 1.165) is 11.3 Å². The number of sulfonamides is 1. The van der Waals surface area contributed by atoms with Crippen molar-refractivity contribution in [1.29, 1.82) is 0 Å². The van der Waals surface area contributed by atoms with Crippen LogP contribution in [0.5, 0.6) is 5.75 Å². The van der Waals surface area contributed by atoms with Crippen molar-refractivity contribution in [2.24, 2.45) is 0 Å². The van der Waals surface area contributed by atoms with Crippen molar-refractivity contribution in [2.45, 2.75) is 24.8 Å². The van der Waals surface area contributed by atoms with Gasteiger partial charge in [-0.1, -0.05) is 36.4 Å². The number of aryl methyl sites for hydroxylation is 1. The standard InChI is InChI=1S/C23H24N2O4S/c1-17-8-6-7-11-22(17)29-16-18(2)24-23(26)19-12-14-20(15-13-19)25-30(27,28)21-9-4-3-5-10-21/h3-15,18,25H,16H2,1-2H3,(H,24,26)/t18-/m0/s1. The Labute approximate surface area is 177 Å². The normalized spacial score (nSPS) is 12.1. The number of hydrogen-bond donors (Lipinski definition) is 2. The molecular formula is C23H24N2O4S. The number of anilines is 1. The molecule has 0 spiro atoms. The van der Waals surface area contributed by atoms with Gasteiger partial charge in [-0.3, -0.25) is 9.52 Å². The van der Waals surface area contributed by atoms with Crippen molar-refractivity contribution >= 4 is 21.6 Å². The highest BCUT2D eigenvalue weighted by Crippen LogP contribution is 2.17. The molecule has 156 valence electrons. The van der Waals surface area contributed by atoms with E-state index >= 15 is 0 Å². The van der Waals surface area contributed by atoms with Gasteiger partial charge in [0, 0.05) is 11.3 Å². The maximum absolute atomic E-state index is 12.4. The second-order valence-electron chi connectivity index (χ2n) is 6.95. The number of amides is 1. The lowest BCUT2D eigenvalue weighted by molar-refractivity contribution is 0.0926. The van der Waals surface area contributed by atoms with Crippen LogP contribution in [0.3, 0.4) is 0 Å². The molecule has 3 aromatic carbocycles. The predicted octanol–water partition coefficient (Wildman–Crippen LogP) is 3.99. The second kappa shape index (κ2) is 9.45. The van der Waals surface area contributed by atoms with Crippen LogP contribution >= 0.6 is 0 Å². The summed E-state index contributed by atoms with van der Waals surface area (Å²) in [5, 5.41) is 2.88. The molecule has 0 heterocycles. The van der Waals surface area contributed by atoms with Crippen molar-refractivity contribution in [3.8, 4) is 5.75 Å². The number of para-hydroxylation sites is 1. The number of hydrogen-bond acceptors (Lipinski definition) is 4. The average molecular weight is 425 g/mol. The Balaban J connectivity index is 1.56. The van der Waals surface area contributed by atoms with Gasteiger partial charge < -0.3 is 10.1 Å². The van der Waals surface area contributed by atoms with Crippen LogP contribution in [-0.4, -0.2) is 27.0 Å². The van der Waals surface area contributed by atoms with Crippen LogP contribution in [-0.2, 0) is 10.0 Å². The summed E-state index contributed by atoms with van der Waals surface area (Å²) < 4.78 is 33.0. The minimum atomic E-state index is -3.67. The van der Waals surface area contributed by atoms with E-state index in [1.807, 2.05) is 38.1 Å². The number of rotatable bonds is 8. The van der Waals surface area contributed by atoms with E-state index in [-0.39, 0.29) is 16.8 Å². The van der Waals surface area contributed by atoms with Gasteiger partial charge in [0.1, 0.15) is 12.4 Å². The molecule has 2 N–H and O–H groups in total. The van der Waals surface area contributed by atoms with Gasteiger partial charge in [0.15, 0.2) is 0 Å². The molecule has 0 saturated heterocycles. The predicted molar refractivity (Wildman–Crippen MR) is 117 cm³/mol. The first-order chi connectivity index (χ1) is 14.3. The number of carbonyl (C=O) groups excluding carboxylic acids is 1. The molecule has 0 aliphatic heterocycles. The number of benzene rings is 3. The van der Waals surface area contributed by atoms with Crippen molar-refractivity contribution in [1.82, 2.24) is 5.32 Å². The fraction of sp³-hybridized carbons (Fsp3) is 0.174. The summed E-state index contributed by atoms with van der Waals surface area (Å²) >= 11 is 0. The highest BCUT2D eigenvalue weighted by atomic mass is 32.2. The maximum Gasteiger partial charge on any atom is 0.261 e. The van der Waals surface area contributed by atoms with Crippen molar-refractivity contribution < 1.29 is 17.9 Å². The van der Waals surface area contributed by atoms with E-state index in [0.29, 0.717) is 17.9 Å². The first-order valence-corrected chi connectivity index (χ1v) is 11.0. The quantitative estimate of drug-likeness (QED) is 0.573. The number of nitrogens with one attached hydrogen (secondary N) is 2. The first kappa shape index (κ1) is 21.4. The Bertz CT molecular complexity index is 1100. The summed E-state index contributed by atoms with van der Waals surface area (Å²) in [4.78, 5) is 12.6. The van der Waals surface area contributed by atoms with Crippen LogP contribution in [0.15, 0.2) is 83.8 Å². The van der Waals surface area contributed by atoms with Gasteiger partial charge in [-0.05, 0) is 61.9 Å². The van der Waals surface area contributed by atoms with Crippen LogP contribution < -0.4 is 14.8 Å². The smallest absolute Gasteiger partial charge is 0.261 e. The van der Waals surface area contributed by atoms with Gasteiger partial charge in [-0.15, -0.1) is 0 Å². The third kappa shape index (κ3) is 5.61. The lowest BCUT2D eigenvalue weighted by Gasteiger charge is -2.16. The molecule has 0 bridgehead atoms. The summed E-state index contributed by atoms with van der Waals surface area (Å²) in [6, 6.07) is 21.9. The average Bonchev–Trinajstić information content (AvgIpc) is 2.74. The molecule has 3 aromatic rings. The highest BCUT2D eigenvalue weighted by Gasteiger charge is 2.15. The molecule has 0 aromatic heterocycles. The summed E-state index contributed by atoms with van der Waals surface area (Å²) in [5.41, 5.74) is 1.84. The molecule has 30 heavy (non-hydrogen) atoms. The van der Waals surface area contributed by atoms with Gasteiger partial charge in [0.2, 0.25) is 0 Å². The Kier molecular flexibility index (Phi) is 6.74. The Morgan fingerprint density at radius 2 is 1.57 bits per heavy atom. The third-order valence-corrected chi connectivity index (χ3v) is 5.81. The molecule has 0 saturated carbocycles. The lowest BCUT2D eigenvalue weighted by atomic mass is 10.2.